The van der Waals surface area contributed by atoms with Crippen molar-refractivity contribution in [3.63, 3.8) is 0 Å². The maximum Gasteiger partial charge on any atom is 0.416 e. The molecule has 108 valence electrons. The van der Waals surface area contributed by atoms with Gasteiger partial charge in [0.25, 0.3) is 0 Å². The van der Waals surface area contributed by atoms with Crippen LogP contribution in [0.5, 0.6) is 0 Å². The molecule has 0 spiro atoms. The highest BCUT2D eigenvalue weighted by Crippen LogP contribution is 2.34. The maximum absolute atomic E-state index is 12.7. The number of hydrogen-bond donors (Lipinski definition) is 1. The van der Waals surface area contributed by atoms with Gasteiger partial charge in [0.1, 0.15) is 0 Å². The number of pyridine rings is 1. The second-order valence-electron chi connectivity index (χ2n) is 4.32. The molecule has 0 saturated heterocycles. The molecule has 3 rings (SSSR count). The minimum absolute atomic E-state index is 0.0290. The number of fused-ring (bicyclic) bond motifs is 1. The lowest BCUT2D eigenvalue weighted by atomic mass is 10.2. The van der Waals surface area contributed by atoms with Gasteiger partial charge in [-0.15, -0.1) is 0 Å². The number of H-pyrrole nitrogens is 1. The van der Waals surface area contributed by atoms with Gasteiger partial charge in [-0.25, -0.2) is 0 Å². The van der Waals surface area contributed by atoms with Gasteiger partial charge < -0.3 is 4.98 Å². The summed E-state index contributed by atoms with van der Waals surface area (Å²) in [6.45, 7) is 0. The van der Waals surface area contributed by atoms with Gasteiger partial charge in [0.05, 0.1) is 33.5 Å². The van der Waals surface area contributed by atoms with Crippen LogP contribution in [-0.2, 0) is 6.18 Å². The van der Waals surface area contributed by atoms with E-state index in [1.165, 1.54) is 6.07 Å². The van der Waals surface area contributed by atoms with Crippen LogP contribution in [0, 0.1) is 4.77 Å². The molecule has 0 unspecified atom stereocenters. The van der Waals surface area contributed by atoms with Crippen molar-refractivity contribution in [2.75, 3.05) is 0 Å². The SMILES string of the molecule is FC(F)(F)c1ccc(-n2c(=S)[nH]c3cnccc32)c(Cl)c1. The normalized spacial score (nSPS) is 12.0. The van der Waals surface area contributed by atoms with Crippen LogP contribution >= 0.6 is 23.8 Å². The minimum atomic E-state index is -4.44. The molecule has 21 heavy (non-hydrogen) atoms. The molecular weight excluding hydrogens is 323 g/mol. The lowest BCUT2D eigenvalue weighted by Gasteiger charge is -2.11. The monoisotopic (exact) mass is 329 g/mol. The van der Waals surface area contributed by atoms with Crippen LogP contribution in [0.25, 0.3) is 16.7 Å². The smallest absolute Gasteiger partial charge is 0.329 e. The number of aromatic amines is 1. The first kappa shape index (κ1) is 14.1. The predicted octanol–water partition coefficient (Wildman–Crippen LogP) is 4.76. The molecule has 1 aromatic carbocycles. The van der Waals surface area contributed by atoms with Gasteiger partial charge in [0, 0.05) is 6.20 Å². The molecule has 0 atom stereocenters. The fourth-order valence-corrected chi connectivity index (χ4v) is 2.63. The van der Waals surface area contributed by atoms with Crippen molar-refractivity contribution in [1.82, 2.24) is 14.5 Å². The average Bonchev–Trinajstić information content (AvgIpc) is 2.74. The summed E-state index contributed by atoms with van der Waals surface area (Å²) in [5, 5.41) is -0.0290. The van der Waals surface area contributed by atoms with Crippen LogP contribution in [0.2, 0.25) is 5.02 Å². The van der Waals surface area contributed by atoms with Crippen molar-refractivity contribution < 1.29 is 13.2 Å². The van der Waals surface area contributed by atoms with Crippen LogP contribution in [-0.4, -0.2) is 14.5 Å². The fraction of sp³-hybridized carbons (Fsp3) is 0.0769. The summed E-state index contributed by atoms with van der Waals surface area (Å²) in [6, 6.07) is 4.87. The number of benzene rings is 1. The van der Waals surface area contributed by atoms with E-state index in [0.29, 0.717) is 21.5 Å². The molecule has 0 amide bonds. The number of alkyl halides is 3. The van der Waals surface area contributed by atoms with Gasteiger partial charge in [-0.05, 0) is 36.5 Å². The van der Waals surface area contributed by atoms with Crippen LogP contribution in [0.3, 0.4) is 0 Å². The summed E-state index contributed by atoms with van der Waals surface area (Å²) in [6.07, 6.45) is -1.28. The summed E-state index contributed by atoms with van der Waals surface area (Å²) in [4.78, 5) is 6.89. The molecule has 3 aromatic rings. The Labute approximate surface area is 127 Å². The van der Waals surface area contributed by atoms with Crippen LogP contribution in [0.1, 0.15) is 5.56 Å². The molecule has 0 bridgehead atoms. The molecule has 2 heterocycles. The summed E-state index contributed by atoms with van der Waals surface area (Å²) in [7, 11) is 0. The van der Waals surface area contributed by atoms with Crippen molar-refractivity contribution in [1.29, 1.82) is 0 Å². The number of nitrogens with zero attached hydrogens (tertiary/aromatic N) is 2. The first-order valence-electron chi connectivity index (χ1n) is 5.80. The summed E-state index contributed by atoms with van der Waals surface area (Å²) >= 11 is 11.2. The summed E-state index contributed by atoms with van der Waals surface area (Å²) in [5.41, 5.74) is 0.950. The van der Waals surface area contributed by atoms with Crippen LogP contribution in [0.4, 0.5) is 13.2 Å². The van der Waals surface area contributed by atoms with E-state index in [0.717, 1.165) is 12.1 Å². The number of rotatable bonds is 1. The molecule has 0 fully saturated rings. The van der Waals surface area contributed by atoms with Crippen molar-refractivity contribution >= 4 is 34.9 Å². The lowest BCUT2D eigenvalue weighted by molar-refractivity contribution is -0.137. The van der Waals surface area contributed by atoms with E-state index in [1.807, 2.05) is 0 Å². The lowest BCUT2D eigenvalue weighted by Crippen LogP contribution is -2.05. The molecule has 3 nitrogen and oxygen atoms in total. The molecular formula is C13H7ClF3N3S. The highest BCUT2D eigenvalue weighted by molar-refractivity contribution is 7.71. The van der Waals surface area contributed by atoms with Gasteiger partial charge >= 0.3 is 6.18 Å². The van der Waals surface area contributed by atoms with E-state index in [4.69, 9.17) is 23.8 Å². The third-order valence-electron chi connectivity index (χ3n) is 3.00. The predicted molar refractivity (Wildman–Crippen MR) is 76.3 cm³/mol. The van der Waals surface area contributed by atoms with Crippen molar-refractivity contribution in [2.45, 2.75) is 6.18 Å². The average molecular weight is 330 g/mol. The number of nitrogens with one attached hydrogen (secondary N) is 1. The Balaban J connectivity index is 2.25. The van der Waals surface area contributed by atoms with Crippen LogP contribution in [0.15, 0.2) is 36.7 Å². The molecule has 0 aliphatic carbocycles. The maximum atomic E-state index is 12.7. The van der Waals surface area contributed by atoms with E-state index in [2.05, 4.69) is 9.97 Å². The van der Waals surface area contributed by atoms with E-state index < -0.39 is 11.7 Å². The highest BCUT2D eigenvalue weighted by Gasteiger charge is 2.31. The van der Waals surface area contributed by atoms with Gasteiger partial charge in [-0.1, -0.05) is 11.6 Å². The Kier molecular flexibility index (Phi) is 3.26. The van der Waals surface area contributed by atoms with Crippen LogP contribution < -0.4 is 0 Å². The zero-order chi connectivity index (χ0) is 15.2. The minimum Gasteiger partial charge on any atom is -0.329 e. The Bertz CT molecular complexity index is 882. The summed E-state index contributed by atoms with van der Waals surface area (Å²) < 4.78 is 39.9. The second-order valence-corrected chi connectivity index (χ2v) is 5.12. The Hall–Kier alpha value is -1.86. The summed E-state index contributed by atoms with van der Waals surface area (Å²) in [5.74, 6) is 0. The van der Waals surface area contributed by atoms with Gasteiger partial charge in [-0.3, -0.25) is 9.55 Å². The molecule has 0 saturated carbocycles. The molecule has 1 N–H and O–H groups in total. The topological polar surface area (TPSA) is 33.6 Å². The van der Waals surface area contributed by atoms with Gasteiger partial charge in [-0.2, -0.15) is 13.2 Å². The third kappa shape index (κ3) is 2.43. The Morgan fingerprint density at radius 1 is 1.24 bits per heavy atom. The van der Waals surface area contributed by atoms with Crippen molar-refractivity contribution in [2.24, 2.45) is 0 Å². The molecule has 8 heteroatoms. The quantitative estimate of drug-likeness (QED) is 0.653. The number of halogens is 4. The zero-order valence-electron chi connectivity index (χ0n) is 10.3. The first-order chi connectivity index (χ1) is 9.88. The largest absolute Gasteiger partial charge is 0.416 e. The van der Waals surface area contributed by atoms with Crippen molar-refractivity contribution in [3.05, 3.63) is 52.0 Å². The Morgan fingerprint density at radius 2 is 2.00 bits per heavy atom. The van der Waals surface area contributed by atoms with E-state index in [-0.39, 0.29) is 5.02 Å². The molecule has 0 radical (unpaired) electrons. The van der Waals surface area contributed by atoms with E-state index >= 15 is 0 Å². The Morgan fingerprint density at radius 3 is 2.67 bits per heavy atom. The number of imidazole rings is 1. The van der Waals surface area contributed by atoms with Crippen molar-refractivity contribution in [3.8, 4) is 5.69 Å². The zero-order valence-corrected chi connectivity index (χ0v) is 11.9. The van der Waals surface area contributed by atoms with Gasteiger partial charge in [0.2, 0.25) is 0 Å². The van der Waals surface area contributed by atoms with E-state index in [1.54, 1.807) is 23.0 Å². The van der Waals surface area contributed by atoms with Gasteiger partial charge in [0.15, 0.2) is 4.77 Å². The standard InChI is InChI=1S/C13H7ClF3N3S/c14-8-5-7(13(15,16)17)1-2-10(8)20-11-3-4-18-6-9(11)19-12(20)21/h1-6H,(H,19,21). The number of aromatic nitrogens is 3. The number of hydrogen-bond acceptors (Lipinski definition) is 2. The van der Waals surface area contributed by atoms with E-state index in [9.17, 15) is 13.2 Å². The molecule has 0 aliphatic rings. The first-order valence-corrected chi connectivity index (χ1v) is 6.58. The fourth-order valence-electron chi connectivity index (χ4n) is 2.06. The second kappa shape index (κ2) is 4.85. The highest BCUT2D eigenvalue weighted by atomic mass is 35.5. The molecule has 2 aromatic heterocycles. The third-order valence-corrected chi connectivity index (χ3v) is 3.59. The molecule has 0 aliphatic heterocycles.